The molecule has 0 aliphatic rings. The number of rotatable bonds is 9. The zero-order chi connectivity index (χ0) is 20.4. The van der Waals surface area contributed by atoms with Gasteiger partial charge in [0.2, 0.25) is 0 Å². The van der Waals surface area contributed by atoms with Gasteiger partial charge in [0.1, 0.15) is 17.8 Å². The third-order valence-corrected chi connectivity index (χ3v) is 3.40. The number of aliphatic imine (C=N–C) groups is 1. The third-order valence-electron chi connectivity index (χ3n) is 3.10. The highest BCUT2D eigenvalue weighted by Crippen LogP contribution is 2.30. The quantitative estimate of drug-likeness (QED) is 0.292. The number of ether oxygens (including phenoxy) is 2. The molecule has 1 heterocycles. The molecule has 1 aromatic heterocycles. The molecular formula is C16H20ClF3N3O4+. The summed E-state index contributed by atoms with van der Waals surface area (Å²) in [5.74, 6) is -2.63. The first-order valence-corrected chi connectivity index (χ1v) is 8.44. The Balaban J connectivity index is 2.62. The maximum atomic E-state index is 12.6. The molecular weight excluding hydrogens is 391 g/mol. The van der Waals surface area contributed by atoms with Crippen LogP contribution in [0.15, 0.2) is 17.3 Å². The fourth-order valence-corrected chi connectivity index (χ4v) is 2.11. The van der Waals surface area contributed by atoms with Gasteiger partial charge >= 0.3 is 18.1 Å². The SMILES string of the molecule is CCOC(=O)C(C=NCCNc1[nH+]cc(C(F)(F)F)cc1Cl)C(=O)OCC. The summed E-state index contributed by atoms with van der Waals surface area (Å²) < 4.78 is 47.3. The monoisotopic (exact) mass is 410 g/mol. The molecule has 0 aliphatic carbocycles. The number of nitrogens with zero attached hydrogens (tertiary/aromatic N) is 1. The van der Waals surface area contributed by atoms with E-state index in [1.807, 2.05) is 0 Å². The molecule has 0 amide bonds. The highest BCUT2D eigenvalue weighted by atomic mass is 35.5. The van der Waals surface area contributed by atoms with Crippen molar-refractivity contribution < 1.29 is 37.2 Å². The molecule has 0 aromatic carbocycles. The van der Waals surface area contributed by atoms with Crippen LogP contribution in [0, 0.1) is 5.92 Å². The van der Waals surface area contributed by atoms with E-state index in [2.05, 4.69) is 15.3 Å². The summed E-state index contributed by atoms with van der Waals surface area (Å²) in [7, 11) is 0. The lowest BCUT2D eigenvalue weighted by atomic mass is 10.2. The second kappa shape index (κ2) is 10.7. The van der Waals surface area contributed by atoms with Crippen LogP contribution in [0.1, 0.15) is 19.4 Å². The summed E-state index contributed by atoms with van der Waals surface area (Å²) in [6.07, 6.45) is -2.59. The largest absolute Gasteiger partial charge is 0.465 e. The number of esters is 2. The van der Waals surface area contributed by atoms with Crippen LogP contribution < -0.4 is 10.3 Å². The van der Waals surface area contributed by atoms with Crippen molar-refractivity contribution in [3.8, 4) is 0 Å². The Bertz CT molecular complexity index is 665. The molecule has 0 saturated carbocycles. The smallest absolute Gasteiger partial charge is 0.419 e. The van der Waals surface area contributed by atoms with Crippen molar-refractivity contribution in [2.75, 3.05) is 31.6 Å². The lowest BCUT2D eigenvalue weighted by molar-refractivity contribution is -0.364. The molecule has 0 saturated heterocycles. The van der Waals surface area contributed by atoms with Gasteiger partial charge in [0.25, 0.3) is 5.82 Å². The fraction of sp³-hybridized carbons (Fsp3) is 0.500. The Morgan fingerprint density at radius 1 is 1.30 bits per heavy atom. The Hall–Kier alpha value is -2.36. The summed E-state index contributed by atoms with van der Waals surface area (Å²) in [5.41, 5.74) is -0.900. The minimum absolute atomic E-state index is 0.104. The number of pyridine rings is 1. The predicted octanol–water partition coefficient (Wildman–Crippen LogP) is 2.40. The summed E-state index contributed by atoms with van der Waals surface area (Å²) in [5, 5.41) is 2.64. The van der Waals surface area contributed by atoms with Gasteiger partial charge in [0.15, 0.2) is 5.92 Å². The van der Waals surface area contributed by atoms with Crippen LogP contribution in [-0.2, 0) is 25.2 Å². The highest BCUT2D eigenvalue weighted by Gasteiger charge is 2.33. The zero-order valence-corrected chi connectivity index (χ0v) is 15.5. The second-order valence-electron chi connectivity index (χ2n) is 5.07. The van der Waals surface area contributed by atoms with Gasteiger partial charge in [-0.05, 0) is 19.9 Å². The lowest BCUT2D eigenvalue weighted by Gasteiger charge is -2.10. The molecule has 0 spiro atoms. The molecule has 0 radical (unpaired) electrons. The summed E-state index contributed by atoms with van der Waals surface area (Å²) >= 11 is 5.80. The number of halogens is 4. The number of H-pyrrole nitrogens is 1. The first kappa shape index (κ1) is 22.7. The molecule has 2 N–H and O–H groups in total. The normalized spacial score (nSPS) is 11.7. The Kier molecular flexibility index (Phi) is 8.99. The average molecular weight is 411 g/mol. The van der Waals surface area contributed by atoms with Crippen LogP contribution in [0.5, 0.6) is 0 Å². The van der Waals surface area contributed by atoms with Crippen LogP contribution in [-0.4, -0.2) is 44.5 Å². The average Bonchev–Trinajstić information content (AvgIpc) is 2.58. The molecule has 27 heavy (non-hydrogen) atoms. The topological polar surface area (TPSA) is 91.1 Å². The first-order valence-electron chi connectivity index (χ1n) is 8.06. The number of hydrogen-bond acceptors (Lipinski definition) is 6. The van der Waals surface area contributed by atoms with Crippen LogP contribution in [0.25, 0.3) is 0 Å². The Morgan fingerprint density at radius 2 is 1.89 bits per heavy atom. The number of carbonyl (C=O) groups is 2. The molecule has 0 unspecified atom stereocenters. The van der Waals surface area contributed by atoms with E-state index in [1.54, 1.807) is 13.8 Å². The van der Waals surface area contributed by atoms with E-state index >= 15 is 0 Å². The summed E-state index contributed by atoms with van der Waals surface area (Å²) in [6, 6.07) is 0.793. The van der Waals surface area contributed by atoms with Gasteiger partial charge in [-0.2, -0.15) is 13.2 Å². The van der Waals surface area contributed by atoms with Gasteiger partial charge in [0, 0.05) is 6.21 Å². The van der Waals surface area contributed by atoms with Gasteiger partial charge in [-0.3, -0.25) is 19.9 Å². The number of aromatic nitrogens is 1. The molecule has 0 aliphatic heterocycles. The van der Waals surface area contributed by atoms with E-state index in [-0.39, 0.29) is 37.1 Å². The van der Waals surface area contributed by atoms with E-state index in [0.717, 1.165) is 18.5 Å². The van der Waals surface area contributed by atoms with Crippen molar-refractivity contribution in [3.05, 3.63) is 22.8 Å². The molecule has 150 valence electrons. The number of alkyl halides is 3. The van der Waals surface area contributed by atoms with Crippen molar-refractivity contribution in [1.29, 1.82) is 0 Å². The van der Waals surface area contributed by atoms with Crippen molar-refractivity contribution in [1.82, 2.24) is 0 Å². The van der Waals surface area contributed by atoms with E-state index in [0.29, 0.717) is 0 Å². The van der Waals surface area contributed by atoms with Crippen molar-refractivity contribution in [3.63, 3.8) is 0 Å². The minimum Gasteiger partial charge on any atom is -0.465 e. The number of carbonyl (C=O) groups excluding carboxylic acids is 2. The minimum atomic E-state index is -4.50. The van der Waals surface area contributed by atoms with E-state index in [9.17, 15) is 22.8 Å². The predicted molar refractivity (Wildman–Crippen MR) is 91.6 cm³/mol. The van der Waals surface area contributed by atoms with E-state index in [1.165, 1.54) is 0 Å². The van der Waals surface area contributed by atoms with Gasteiger partial charge in [-0.15, -0.1) is 0 Å². The molecule has 11 heteroatoms. The number of aromatic amines is 1. The van der Waals surface area contributed by atoms with Gasteiger partial charge in [-0.25, -0.2) is 4.98 Å². The van der Waals surface area contributed by atoms with Gasteiger partial charge in [0.05, 0.1) is 25.3 Å². The maximum Gasteiger partial charge on any atom is 0.419 e. The van der Waals surface area contributed by atoms with Gasteiger partial charge < -0.3 is 9.47 Å². The van der Waals surface area contributed by atoms with E-state index < -0.39 is 29.6 Å². The third kappa shape index (κ3) is 7.41. The van der Waals surface area contributed by atoms with Crippen LogP contribution in [0.2, 0.25) is 5.02 Å². The number of hydrogen-bond donors (Lipinski definition) is 1. The summed E-state index contributed by atoms with van der Waals surface area (Å²) in [4.78, 5) is 29.9. The molecule has 0 atom stereocenters. The Labute approximate surface area is 158 Å². The maximum absolute atomic E-state index is 12.6. The standard InChI is InChI=1S/C16H19ClF3N3O4/c1-3-26-14(24)11(15(25)27-4-2)9-21-5-6-22-13-12(17)7-10(8-23-13)16(18,19)20/h7-9,11H,3-6H2,1-2H3,(H,22,23)/p+1. The van der Waals surface area contributed by atoms with Crippen molar-refractivity contribution in [2.24, 2.45) is 10.9 Å². The van der Waals surface area contributed by atoms with Crippen LogP contribution in [0.4, 0.5) is 19.0 Å². The lowest BCUT2D eigenvalue weighted by Crippen LogP contribution is -2.29. The fourth-order valence-electron chi connectivity index (χ4n) is 1.88. The van der Waals surface area contributed by atoms with Gasteiger partial charge in [-0.1, -0.05) is 11.6 Å². The molecule has 7 nitrogen and oxygen atoms in total. The highest BCUT2D eigenvalue weighted by molar-refractivity contribution is 6.32. The molecule has 1 aromatic rings. The molecule has 0 fully saturated rings. The Morgan fingerprint density at radius 3 is 2.37 bits per heavy atom. The zero-order valence-electron chi connectivity index (χ0n) is 14.7. The number of anilines is 1. The van der Waals surface area contributed by atoms with E-state index in [4.69, 9.17) is 21.1 Å². The van der Waals surface area contributed by atoms with Crippen LogP contribution >= 0.6 is 11.6 Å². The number of nitrogens with one attached hydrogen (secondary N) is 2. The van der Waals surface area contributed by atoms with Crippen LogP contribution in [0.3, 0.4) is 0 Å². The van der Waals surface area contributed by atoms with Crippen molar-refractivity contribution >= 4 is 35.6 Å². The first-order chi connectivity index (χ1) is 12.7. The molecule has 1 rings (SSSR count). The molecule has 0 bridgehead atoms. The summed E-state index contributed by atoms with van der Waals surface area (Å²) in [6.45, 7) is 3.73. The second-order valence-corrected chi connectivity index (χ2v) is 5.48. The van der Waals surface area contributed by atoms with Crippen molar-refractivity contribution in [2.45, 2.75) is 20.0 Å².